The summed E-state index contributed by atoms with van der Waals surface area (Å²) in [6.07, 6.45) is 4.29. The van der Waals surface area contributed by atoms with E-state index in [4.69, 9.17) is 5.73 Å². The topological polar surface area (TPSA) is 99.9 Å². The Bertz CT molecular complexity index is 553. The lowest BCUT2D eigenvalue weighted by molar-refractivity contribution is -0.384. The van der Waals surface area contributed by atoms with Crippen LogP contribution in [0.4, 0.5) is 11.5 Å². The van der Waals surface area contributed by atoms with Crippen LogP contribution in [0.25, 0.3) is 5.82 Å². The normalized spacial score (nSPS) is 10.3. The van der Waals surface area contributed by atoms with Gasteiger partial charge in [0.05, 0.1) is 17.3 Å². The predicted molar refractivity (Wildman–Crippen MR) is 60.1 cm³/mol. The van der Waals surface area contributed by atoms with Crippen LogP contribution in [0, 0.1) is 10.1 Å². The number of nitrogens with zero attached hydrogens (tertiary/aromatic N) is 4. The maximum Gasteiger partial charge on any atom is 0.287 e. The summed E-state index contributed by atoms with van der Waals surface area (Å²) in [5, 5.41) is 10.5. The average molecular weight is 284 g/mol. The molecular formula is C8H6BrN5O2. The number of aromatic nitrogens is 3. The number of anilines is 1. The highest BCUT2D eigenvalue weighted by molar-refractivity contribution is 9.10. The fourth-order valence-electron chi connectivity index (χ4n) is 1.18. The maximum atomic E-state index is 10.5. The molecule has 0 spiro atoms. The molecule has 0 radical (unpaired) electrons. The molecule has 2 aromatic rings. The van der Waals surface area contributed by atoms with E-state index in [9.17, 15) is 10.1 Å². The molecule has 0 saturated carbocycles. The number of rotatable bonds is 2. The van der Waals surface area contributed by atoms with Crippen LogP contribution in [-0.2, 0) is 0 Å². The molecule has 0 unspecified atom stereocenters. The van der Waals surface area contributed by atoms with E-state index in [1.54, 1.807) is 0 Å². The summed E-state index contributed by atoms with van der Waals surface area (Å²) in [5.74, 6) is 0.552. The Morgan fingerprint density at radius 1 is 1.56 bits per heavy atom. The van der Waals surface area contributed by atoms with Crippen molar-refractivity contribution in [2.24, 2.45) is 0 Å². The number of hydrogen-bond acceptors (Lipinski definition) is 5. The molecule has 0 saturated heterocycles. The van der Waals surface area contributed by atoms with Gasteiger partial charge in [-0.25, -0.2) is 9.97 Å². The molecule has 0 atom stereocenters. The van der Waals surface area contributed by atoms with E-state index in [0.29, 0.717) is 10.4 Å². The van der Waals surface area contributed by atoms with Gasteiger partial charge in [-0.3, -0.25) is 14.7 Å². The third-order valence-electron chi connectivity index (χ3n) is 1.88. The zero-order chi connectivity index (χ0) is 11.7. The van der Waals surface area contributed by atoms with Crippen LogP contribution in [0.5, 0.6) is 0 Å². The van der Waals surface area contributed by atoms with E-state index in [1.165, 1.54) is 29.2 Å². The molecule has 16 heavy (non-hydrogen) atoms. The molecule has 0 aliphatic heterocycles. The van der Waals surface area contributed by atoms with Crippen LogP contribution in [0.3, 0.4) is 0 Å². The lowest BCUT2D eigenvalue weighted by Gasteiger charge is -2.03. The molecule has 82 valence electrons. The number of nitrogen functional groups attached to an aromatic ring is 1. The Kier molecular flexibility index (Phi) is 2.57. The molecule has 0 aromatic carbocycles. The van der Waals surface area contributed by atoms with Crippen molar-refractivity contribution in [3.63, 3.8) is 0 Å². The van der Waals surface area contributed by atoms with Gasteiger partial charge in [-0.05, 0) is 15.9 Å². The molecule has 0 bridgehead atoms. The largest absolute Gasteiger partial charge is 0.381 e. The van der Waals surface area contributed by atoms with Crippen LogP contribution >= 0.6 is 15.9 Å². The van der Waals surface area contributed by atoms with Gasteiger partial charge in [-0.2, -0.15) is 0 Å². The van der Waals surface area contributed by atoms with Gasteiger partial charge in [-0.15, -0.1) is 0 Å². The Hall–Kier alpha value is -1.96. The van der Waals surface area contributed by atoms with Crippen molar-refractivity contribution >= 4 is 27.4 Å². The zero-order valence-electron chi connectivity index (χ0n) is 7.87. The van der Waals surface area contributed by atoms with Crippen LogP contribution in [0.2, 0.25) is 0 Å². The Labute approximate surface area is 98.2 Å². The van der Waals surface area contributed by atoms with Crippen molar-refractivity contribution in [3.8, 4) is 5.82 Å². The Balaban J connectivity index is 2.50. The van der Waals surface area contributed by atoms with Crippen LogP contribution in [0.15, 0.2) is 29.3 Å². The number of hydrogen-bond donors (Lipinski definition) is 1. The third kappa shape index (κ3) is 1.87. The summed E-state index contributed by atoms with van der Waals surface area (Å²) in [5.41, 5.74) is 5.60. The van der Waals surface area contributed by atoms with Gasteiger partial charge in [0.25, 0.3) is 5.69 Å². The van der Waals surface area contributed by atoms with Crippen LogP contribution in [-0.4, -0.2) is 19.5 Å². The molecule has 2 aromatic heterocycles. The summed E-state index contributed by atoms with van der Waals surface area (Å²) < 4.78 is 1.96. The molecular weight excluding hydrogens is 278 g/mol. The molecule has 2 heterocycles. The van der Waals surface area contributed by atoms with Crippen molar-refractivity contribution < 1.29 is 4.92 Å². The molecule has 0 fully saturated rings. The second-order valence-corrected chi connectivity index (χ2v) is 3.75. The van der Waals surface area contributed by atoms with Gasteiger partial charge in [-0.1, -0.05) is 0 Å². The first-order valence-corrected chi connectivity index (χ1v) is 4.98. The van der Waals surface area contributed by atoms with E-state index in [1.807, 2.05) is 0 Å². The van der Waals surface area contributed by atoms with Crippen LogP contribution < -0.4 is 5.73 Å². The zero-order valence-corrected chi connectivity index (χ0v) is 9.46. The van der Waals surface area contributed by atoms with Gasteiger partial charge in [0, 0.05) is 12.3 Å². The minimum atomic E-state index is -0.488. The Morgan fingerprint density at radius 3 is 2.94 bits per heavy atom. The summed E-state index contributed by atoms with van der Waals surface area (Å²) >= 11 is 3.15. The minimum absolute atomic E-state index is 0.0267. The summed E-state index contributed by atoms with van der Waals surface area (Å²) in [7, 11) is 0. The second kappa shape index (κ2) is 3.89. The average Bonchev–Trinajstić information content (AvgIpc) is 2.70. The Morgan fingerprint density at radius 2 is 2.31 bits per heavy atom. The van der Waals surface area contributed by atoms with E-state index in [2.05, 4.69) is 25.9 Å². The highest BCUT2D eigenvalue weighted by Gasteiger charge is 2.11. The first-order chi connectivity index (χ1) is 7.58. The lowest BCUT2D eigenvalue weighted by Crippen LogP contribution is -2.03. The van der Waals surface area contributed by atoms with Gasteiger partial charge < -0.3 is 5.73 Å². The van der Waals surface area contributed by atoms with Gasteiger partial charge in [0.1, 0.15) is 4.60 Å². The first-order valence-electron chi connectivity index (χ1n) is 4.18. The lowest BCUT2D eigenvalue weighted by atomic mass is 10.5. The molecule has 0 amide bonds. The van der Waals surface area contributed by atoms with Crippen molar-refractivity contribution in [2.75, 3.05) is 5.73 Å². The second-order valence-electron chi connectivity index (χ2n) is 2.94. The monoisotopic (exact) mass is 283 g/mol. The quantitative estimate of drug-likeness (QED) is 0.665. The number of nitrogens with two attached hydrogens (primary N) is 1. The van der Waals surface area contributed by atoms with Crippen molar-refractivity contribution in [3.05, 3.63) is 39.4 Å². The van der Waals surface area contributed by atoms with Gasteiger partial charge in [0.15, 0.2) is 11.6 Å². The fraction of sp³-hybridized carbons (Fsp3) is 0. The van der Waals surface area contributed by atoms with Gasteiger partial charge >= 0.3 is 0 Å². The minimum Gasteiger partial charge on any atom is -0.381 e. The van der Waals surface area contributed by atoms with Crippen molar-refractivity contribution in [1.29, 1.82) is 0 Å². The van der Waals surface area contributed by atoms with E-state index < -0.39 is 4.92 Å². The highest BCUT2D eigenvalue weighted by atomic mass is 79.9. The molecule has 2 rings (SSSR count). The van der Waals surface area contributed by atoms with E-state index in [-0.39, 0.29) is 11.5 Å². The standard InChI is InChI=1S/C8H6BrN5O2/c9-6-3-11-7(10)8(12-6)13-2-1-5(4-13)14(15)16/h1-4H,(H2,10,11). The first kappa shape index (κ1) is 10.6. The smallest absolute Gasteiger partial charge is 0.287 e. The van der Waals surface area contributed by atoms with Gasteiger partial charge in [0.2, 0.25) is 0 Å². The highest BCUT2D eigenvalue weighted by Crippen LogP contribution is 2.19. The summed E-state index contributed by atoms with van der Waals surface area (Å²) in [6.45, 7) is 0. The summed E-state index contributed by atoms with van der Waals surface area (Å²) in [6, 6.07) is 1.36. The summed E-state index contributed by atoms with van der Waals surface area (Å²) in [4.78, 5) is 18.0. The number of nitro groups is 1. The van der Waals surface area contributed by atoms with Crippen LogP contribution in [0.1, 0.15) is 0 Å². The van der Waals surface area contributed by atoms with Crippen molar-refractivity contribution in [1.82, 2.24) is 14.5 Å². The molecule has 2 N–H and O–H groups in total. The number of halogens is 1. The molecule has 0 aliphatic rings. The van der Waals surface area contributed by atoms with E-state index in [0.717, 1.165) is 0 Å². The molecule has 8 heteroatoms. The molecule has 7 nitrogen and oxygen atoms in total. The third-order valence-corrected chi connectivity index (χ3v) is 2.27. The fourth-order valence-corrected chi connectivity index (χ4v) is 1.45. The SMILES string of the molecule is Nc1ncc(Br)nc1-n1ccc([N+](=O)[O-])c1. The molecule has 0 aliphatic carbocycles. The predicted octanol–water partition coefficient (Wildman–Crippen LogP) is 1.52. The van der Waals surface area contributed by atoms with Crippen molar-refractivity contribution in [2.45, 2.75) is 0 Å². The maximum absolute atomic E-state index is 10.5. The van der Waals surface area contributed by atoms with E-state index >= 15 is 0 Å².